The predicted molar refractivity (Wildman–Crippen MR) is 134 cm³/mol. The number of hydrogen-bond acceptors (Lipinski definition) is 3. The maximum Gasteiger partial charge on any atom is 0.109 e. The summed E-state index contributed by atoms with van der Waals surface area (Å²) in [5.74, 6) is 7.07. The van der Waals surface area contributed by atoms with E-state index in [1.54, 1.807) is 0 Å². The molecule has 4 rings (SSSR count). The third kappa shape index (κ3) is 4.45. The first-order valence-corrected chi connectivity index (χ1v) is 12.3. The van der Waals surface area contributed by atoms with E-state index in [1.807, 2.05) is 0 Å². The van der Waals surface area contributed by atoms with Gasteiger partial charge in [-0.15, -0.1) is 0 Å². The largest absolute Gasteiger partial charge is 0.379 e. The van der Waals surface area contributed by atoms with Crippen LogP contribution in [0.15, 0.2) is 24.3 Å². The maximum atomic E-state index is 5.71. The summed E-state index contributed by atoms with van der Waals surface area (Å²) in [5, 5.41) is 0. The summed E-state index contributed by atoms with van der Waals surface area (Å²) < 4.78 is 5.71. The van der Waals surface area contributed by atoms with Crippen LogP contribution in [0.5, 0.6) is 0 Å². The molecule has 0 amide bonds. The highest BCUT2D eigenvalue weighted by Crippen LogP contribution is 2.44. The number of unbranched alkanes of at least 4 members (excludes halogenated alkanes) is 1. The molecule has 0 saturated carbocycles. The highest BCUT2D eigenvalue weighted by Gasteiger charge is 2.38. The highest BCUT2D eigenvalue weighted by molar-refractivity contribution is 5.66. The molecule has 1 fully saturated rings. The first-order chi connectivity index (χ1) is 15.5. The predicted octanol–water partition coefficient (Wildman–Crippen LogP) is 6.07. The zero-order valence-electron chi connectivity index (χ0n) is 20.6. The fraction of sp³-hybridized carbons (Fsp3) is 0.517. The maximum absolute atomic E-state index is 5.71. The molecule has 0 spiro atoms. The number of anilines is 1. The van der Waals surface area contributed by atoms with Crippen molar-refractivity contribution in [2.24, 2.45) is 0 Å². The van der Waals surface area contributed by atoms with Crippen LogP contribution < -0.4 is 4.90 Å². The SMILES string of the molecule is CCCC#Cc1c(CCC)ccc2c1CN(c1c(C)cc(C)cc1C)C2N1CCOCC1. The zero-order chi connectivity index (χ0) is 22.7. The van der Waals surface area contributed by atoms with Gasteiger partial charge in [-0.05, 0) is 61.4 Å². The molecule has 2 aromatic carbocycles. The molecule has 170 valence electrons. The lowest BCUT2D eigenvalue weighted by molar-refractivity contribution is 0.0170. The number of rotatable bonds is 5. The van der Waals surface area contributed by atoms with Crippen molar-refractivity contribution >= 4 is 5.69 Å². The van der Waals surface area contributed by atoms with E-state index in [1.165, 1.54) is 44.6 Å². The molecular weight excluding hydrogens is 392 g/mol. The third-order valence-corrected chi connectivity index (χ3v) is 6.76. The van der Waals surface area contributed by atoms with Crippen molar-refractivity contribution in [1.29, 1.82) is 0 Å². The molecule has 0 aromatic heterocycles. The average Bonchev–Trinajstić information content (AvgIpc) is 3.14. The van der Waals surface area contributed by atoms with Crippen LogP contribution in [0.1, 0.15) is 78.2 Å². The normalized spacial score (nSPS) is 18.4. The Morgan fingerprint density at radius 2 is 1.72 bits per heavy atom. The fourth-order valence-corrected chi connectivity index (χ4v) is 5.50. The number of hydrogen-bond donors (Lipinski definition) is 0. The Morgan fingerprint density at radius 1 is 1.00 bits per heavy atom. The Labute approximate surface area is 194 Å². The summed E-state index contributed by atoms with van der Waals surface area (Å²) in [6, 6.07) is 9.40. The Hall–Kier alpha value is -2.28. The second kappa shape index (κ2) is 10.1. The van der Waals surface area contributed by atoms with Crippen LogP contribution in [0, 0.1) is 32.6 Å². The molecule has 2 aromatic rings. The van der Waals surface area contributed by atoms with Gasteiger partial charge >= 0.3 is 0 Å². The molecule has 1 saturated heterocycles. The zero-order valence-corrected chi connectivity index (χ0v) is 20.6. The summed E-state index contributed by atoms with van der Waals surface area (Å²) in [5.41, 5.74) is 11.0. The second-order valence-corrected chi connectivity index (χ2v) is 9.37. The standard InChI is InChI=1S/C29H38N2O/c1-6-8-9-11-25-24(10-7-2)12-13-26-27(25)20-31(29(26)30-14-16-32-17-15-30)28-22(4)18-21(3)19-23(28)5/h12-13,18-19,29H,6-8,10,14-17,20H2,1-5H3. The van der Waals surface area contributed by atoms with E-state index in [9.17, 15) is 0 Å². The Morgan fingerprint density at radius 3 is 2.38 bits per heavy atom. The summed E-state index contributed by atoms with van der Waals surface area (Å²) in [6.07, 6.45) is 4.55. The first kappa shape index (κ1) is 22.9. The number of aryl methyl sites for hydroxylation is 4. The van der Waals surface area contributed by atoms with E-state index in [2.05, 4.69) is 80.5 Å². The Bertz CT molecular complexity index is 1000. The molecular formula is C29H38N2O. The van der Waals surface area contributed by atoms with Crippen LogP contribution in [0.3, 0.4) is 0 Å². The van der Waals surface area contributed by atoms with Crippen molar-refractivity contribution in [3.63, 3.8) is 0 Å². The number of nitrogens with zero attached hydrogens (tertiary/aromatic N) is 2. The average molecular weight is 431 g/mol. The van der Waals surface area contributed by atoms with Crippen LogP contribution >= 0.6 is 0 Å². The van der Waals surface area contributed by atoms with E-state index in [4.69, 9.17) is 4.74 Å². The van der Waals surface area contributed by atoms with Crippen molar-refractivity contribution in [2.75, 3.05) is 31.2 Å². The molecule has 0 radical (unpaired) electrons. The molecule has 1 atom stereocenters. The summed E-state index contributed by atoms with van der Waals surface area (Å²) in [7, 11) is 0. The molecule has 2 aliphatic heterocycles. The second-order valence-electron chi connectivity index (χ2n) is 9.37. The smallest absolute Gasteiger partial charge is 0.109 e. The molecule has 0 N–H and O–H groups in total. The minimum atomic E-state index is 0.247. The van der Waals surface area contributed by atoms with Gasteiger partial charge in [-0.25, -0.2) is 0 Å². The highest BCUT2D eigenvalue weighted by atomic mass is 16.5. The lowest BCUT2D eigenvalue weighted by Gasteiger charge is -2.40. The lowest BCUT2D eigenvalue weighted by atomic mass is 9.94. The first-order valence-electron chi connectivity index (χ1n) is 12.3. The molecule has 0 bridgehead atoms. The monoisotopic (exact) mass is 430 g/mol. The summed E-state index contributed by atoms with van der Waals surface area (Å²) >= 11 is 0. The Balaban J connectivity index is 1.86. The third-order valence-electron chi connectivity index (χ3n) is 6.76. The number of ether oxygens (including phenoxy) is 1. The van der Waals surface area contributed by atoms with Crippen LogP contribution in [0.2, 0.25) is 0 Å². The van der Waals surface area contributed by atoms with Gasteiger partial charge in [0.2, 0.25) is 0 Å². The molecule has 2 aliphatic rings. The quantitative estimate of drug-likeness (QED) is 0.536. The topological polar surface area (TPSA) is 15.7 Å². The van der Waals surface area contributed by atoms with Crippen LogP contribution in [0.4, 0.5) is 5.69 Å². The van der Waals surface area contributed by atoms with E-state index in [0.717, 1.165) is 58.5 Å². The van der Waals surface area contributed by atoms with Gasteiger partial charge in [0.05, 0.1) is 13.2 Å². The number of morpholine rings is 1. The van der Waals surface area contributed by atoms with Gasteiger partial charge in [0.25, 0.3) is 0 Å². The van der Waals surface area contributed by atoms with Gasteiger partial charge in [0, 0.05) is 37.3 Å². The van der Waals surface area contributed by atoms with Gasteiger partial charge in [-0.2, -0.15) is 0 Å². The van der Waals surface area contributed by atoms with Gasteiger partial charge in [-0.1, -0.05) is 61.9 Å². The van der Waals surface area contributed by atoms with Crippen molar-refractivity contribution in [3.8, 4) is 11.8 Å². The van der Waals surface area contributed by atoms with Gasteiger partial charge < -0.3 is 9.64 Å². The van der Waals surface area contributed by atoms with E-state index >= 15 is 0 Å². The number of benzene rings is 2. The molecule has 1 unspecified atom stereocenters. The van der Waals surface area contributed by atoms with E-state index < -0.39 is 0 Å². The summed E-state index contributed by atoms with van der Waals surface area (Å²) in [6.45, 7) is 15.7. The molecule has 32 heavy (non-hydrogen) atoms. The van der Waals surface area contributed by atoms with Gasteiger partial charge in [-0.3, -0.25) is 4.90 Å². The van der Waals surface area contributed by atoms with E-state index in [-0.39, 0.29) is 6.17 Å². The number of fused-ring (bicyclic) bond motifs is 1. The summed E-state index contributed by atoms with van der Waals surface area (Å²) in [4.78, 5) is 5.25. The van der Waals surface area contributed by atoms with Crippen molar-refractivity contribution < 1.29 is 4.74 Å². The fourth-order valence-electron chi connectivity index (χ4n) is 5.50. The Kier molecular flexibility index (Phi) is 7.23. The van der Waals surface area contributed by atoms with Gasteiger partial charge in [0.15, 0.2) is 0 Å². The lowest BCUT2D eigenvalue weighted by Crippen LogP contribution is -2.44. The molecule has 3 nitrogen and oxygen atoms in total. The van der Waals surface area contributed by atoms with Crippen molar-refractivity contribution in [2.45, 2.75) is 73.0 Å². The van der Waals surface area contributed by atoms with Crippen LogP contribution in [-0.4, -0.2) is 31.2 Å². The molecule has 2 heterocycles. The van der Waals surface area contributed by atoms with Crippen molar-refractivity contribution in [1.82, 2.24) is 4.90 Å². The van der Waals surface area contributed by atoms with Gasteiger partial charge in [0.1, 0.15) is 6.17 Å². The van der Waals surface area contributed by atoms with Crippen LogP contribution in [0.25, 0.3) is 0 Å². The molecule has 3 heteroatoms. The van der Waals surface area contributed by atoms with Crippen LogP contribution in [-0.2, 0) is 17.7 Å². The molecule has 0 aliphatic carbocycles. The minimum Gasteiger partial charge on any atom is -0.379 e. The van der Waals surface area contributed by atoms with E-state index in [0.29, 0.717) is 0 Å². The minimum absolute atomic E-state index is 0.247. The van der Waals surface area contributed by atoms with Crippen molar-refractivity contribution in [3.05, 3.63) is 63.2 Å².